The van der Waals surface area contributed by atoms with Crippen LogP contribution in [0.25, 0.3) is 17.0 Å². The lowest BCUT2D eigenvalue weighted by atomic mass is 10.1. The second kappa shape index (κ2) is 13.4. The van der Waals surface area contributed by atoms with Gasteiger partial charge in [0.15, 0.2) is 11.5 Å². The molecule has 0 spiro atoms. The lowest BCUT2D eigenvalue weighted by Gasteiger charge is -2.22. The van der Waals surface area contributed by atoms with E-state index in [0.717, 1.165) is 5.69 Å². The summed E-state index contributed by atoms with van der Waals surface area (Å²) >= 11 is 0. The number of aryl methyl sites for hydroxylation is 3. The minimum atomic E-state index is -0.395. The van der Waals surface area contributed by atoms with Crippen LogP contribution in [0, 0.1) is 6.92 Å². The second-order valence-electron chi connectivity index (χ2n) is 9.63. The summed E-state index contributed by atoms with van der Waals surface area (Å²) in [5.41, 5.74) is 3.72. The maximum Gasteiger partial charge on any atom is 0.280 e. The first-order valence-corrected chi connectivity index (χ1v) is 13.9. The third kappa shape index (κ3) is 6.47. The maximum absolute atomic E-state index is 13.7. The van der Waals surface area contributed by atoms with Gasteiger partial charge in [-0.1, -0.05) is 13.8 Å². The van der Waals surface area contributed by atoms with Crippen LogP contribution in [0.4, 0.5) is 17.2 Å². The molecule has 15 heteroatoms. The zero-order valence-corrected chi connectivity index (χ0v) is 25.7. The number of anilines is 3. The number of fused-ring (bicyclic) bond motifs is 1. The molecule has 0 aromatic carbocycles. The van der Waals surface area contributed by atoms with E-state index in [1.54, 1.807) is 43.3 Å². The minimum absolute atomic E-state index is 0.0628. The molecule has 3 N–H and O–H groups in total. The van der Waals surface area contributed by atoms with Gasteiger partial charge in [0.05, 0.1) is 18.5 Å². The van der Waals surface area contributed by atoms with Crippen molar-refractivity contribution in [2.75, 3.05) is 24.7 Å². The van der Waals surface area contributed by atoms with E-state index in [0.29, 0.717) is 46.2 Å². The van der Waals surface area contributed by atoms with Gasteiger partial charge in [0.1, 0.15) is 35.1 Å². The molecule has 2 atom stereocenters. The van der Waals surface area contributed by atoms with Crippen molar-refractivity contribution < 1.29 is 9.53 Å². The summed E-state index contributed by atoms with van der Waals surface area (Å²) in [6.45, 7) is 8.07. The van der Waals surface area contributed by atoms with Gasteiger partial charge in [-0.25, -0.2) is 9.97 Å². The second-order valence-corrected chi connectivity index (χ2v) is 9.63. The summed E-state index contributed by atoms with van der Waals surface area (Å²) in [4.78, 5) is 35.5. The van der Waals surface area contributed by atoms with Crippen molar-refractivity contribution in [1.82, 2.24) is 49.2 Å². The van der Waals surface area contributed by atoms with Crippen LogP contribution in [0.2, 0.25) is 0 Å². The van der Waals surface area contributed by atoms with Crippen molar-refractivity contribution >= 4 is 34.8 Å². The molecule has 5 heterocycles. The molecular formula is C28H38N12O3. The van der Waals surface area contributed by atoms with E-state index in [2.05, 4.69) is 41.2 Å². The Morgan fingerprint density at radius 3 is 2.47 bits per heavy atom. The Kier molecular flexibility index (Phi) is 9.67. The number of imidazole rings is 1. The van der Waals surface area contributed by atoms with E-state index in [1.165, 1.54) is 20.3 Å². The molecule has 43 heavy (non-hydrogen) atoms. The normalized spacial score (nSPS) is 12.5. The van der Waals surface area contributed by atoms with Crippen LogP contribution in [0.1, 0.15) is 43.8 Å². The van der Waals surface area contributed by atoms with E-state index >= 15 is 0 Å². The number of ether oxygens (including phenoxy) is 1. The van der Waals surface area contributed by atoms with Crippen molar-refractivity contribution in [2.24, 2.45) is 14.1 Å². The number of likely N-dealkylation sites (N-methyl/N-ethyl adjacent to an activating group) is 1. The lowest BCUT2D eigenvalue weighted by molar-refractivity contribution is 0.0157. The van der Waals surface area contributed by atoms with E-state index in [1.807, 2.05) is 47.9 Å². The molecule has 0 saturated carbocycles. The highest BCUT2D eigenvalue weighted by atomic mass is 16.5. The number of hydrogen-bond donors (Lipinski definition) is 3. The Balaban J connectivity index is 0.00000207. The first-order valence-electron chi connectivity index (χ1n) is 13.9. The molecule has 2 unspecified atom stereocenters. The number of pyridine rings is 2. The van der Waals surface area contributed by atoms with Crippen LogP contribution in [0.15, 0.2) is 41.7 Å². The minimum Gasteiger partial charge on any atom is -0.386 e. The van der Waals surface area contributed by atoms with Gasteiger partial charge in [0.2, 0.25) is 6.41 Å². The van der Waals surface area contributed by atoms with Gasteiger partial charge in [-0.3, -0.25) is 23.4 Å². The topological polar surface area (TPSA) is 164 Å². The fraction of sp³-hybridized carbons (Fsp3) is 0.393. The van der Waals surface area contributed by atoms with Gasteiger partial charge in [0.25, 0.3) is 5.56 Å². The highest BCUT2D eigenvalue weighted by molar-refractivity contribution is 5.91. The Hall–Kier alpha value is -4.89. The smallest absolute Gasteiger partial charge is 0.280 e. The van der Waals surface area contributed by atoms with Crippen molar-refractivity contribution in [3.05, 3.63) is 64.2 Å². The van der Waals surface area contributed by atoms with Crippen molar-refractivity contribution in [3.63, 3.8) is 0 Å². The van der Waals surface area contributed by atoms with Gasteiger partial charge in [-0.2, -0.15) is 20.1 Å². The third-order valence-corrected chi connectivity index (χ3v) is 6.85. The largest absolute Gasteiger partial charge is 0.386 e. The van der Waals surface area contributed by atoms with E-state index in [-0.39, 0.29) is 23.9 Å². The van der Waals surface area contributed by atoms with Crippen molar-refractivity contribution in [2.45, 2.75) is 46.4 Å². The van der Waals surface area contributed by atoms with E-state index < -0.39 is 6.10 Å². The molecule has 0 fully saturated rings. The molecule has 0 aliphatic heterocycles. The van der Waals surface area contributed by atoms with Gasteiger partial charge in [-0.15, -0.1) is 0 Å². The van der Waals surface area contributed by atoms with Gasteiger partial charge in [-0.05, 0) is 32.5 Å². The quantitative estimate of drug-likeness (QED) is 0.194. The average molecular weight is 591 g/mol. The van der Waals surface area contributed by atoms with Crippen LogP contribution in [0.3, 0.4) is 0 Å². The summed E-state index contributed by atoms with van der Waals surface area (Å²) in [5, 5.41) is 22.5. The number of aromatic nitrogens is 9. The maximum atomic E-state index is 13.7. The molecule has 5 aromatic heterocycles. The fourth-order valence-corrected chi connectivity index (χ4v) is 4.43. The van der Waals surface area contributed by atoms with Gasteiger partial charge < -0.3 is 20.7 Å². The van der Waals surface area contributed by atoms with Crippen molar-refractivity contribution in [1.29, 1.82) is 0 Å². The lowest BCUT2D eigenvalue weighted by Crippen LogP contribution is -2.31. The summed E-state index contributed by atoms with van der Waals surface area (Å²) < 4.78 is 10.8. The van der Waals surface area contributed by atoms with Crippen LogP contribution in [-0.2, 0) is 30.2 Å². The Morgan fingerprint density at radius 1 is 1.09 bits per heavy atom. The molecule has 0 bridgehead atoms. The number of carbonyl (C=O) groups excluding carboxylic acids is 1. The predicted molar refractivity (Wildman–Crippen MR) is 164 cm³/mol. The highest BCUT2D eigenvalue weighted by Crippen LogP contribution is 2.26. The monoisotopic (exact) mass is 590 g/mol. The Morgan fingerprint density at radius 2 is 1.86 bits per heavy atom. The van der Waals surface area contributed by atoms with E-state index in [4.69, 9.17) is 4.74 Å². The molecule has 0 saturated heterocycles. The van der Waals surface area contributed by atoms with E-state index in [9.17, 15) is 9.59 Å². The number of rotatable bonds is 11. The first kappa shape index (κ1) is 31.1. The van der Waals surface area contributed by atoms with Gasteiger partial charge >= 0.3 is 0 Å². The summed E-state index contributed by atoms with van der Waals surface area (Å²) in [6.07, 6.45) is 5.01. The van der Waals surface area contributed by atoms with Gasteiger partial charge in [0, 0.05) is 51.2 Å². The molecule has 15 nitrogen and oxygen atoms in total. The highest BCUT2D eigenvalue weighted by Gasteiger charge is 2.23. The summed E-state index contributed by atoms with van der Waals surface area (Å²) in [5.74, 6) is 0.818. The zero-order valence-electron chi connectivity index (χ0n) is 25.7. The fourth-order valence-electron chi connectivity index (χ4n) is 4.43. The van der Waals surface area contributed by atoms with Crippen LogP contribution < -0.4 is 21.5 Å². The van der Waals surface area contributed by atoms with Crippen LogP contribution in [0.5, 0.6) is 0 Å². The number of carbonyl (C=O) groups is 1. The molecule has 5 rings (SSSR count). The predicted octanol–water partition coefficient (Wildman–Crippen LogP) is 2.47. The zero-order chi connectivity index (χ0) is 31.3. The Bertz CT molecular complexity index is 1750. The molecule has 0 radical (unpaired) electrons. The number of hydrogen-bond acceptors (Lipinski definition) is 11. The molecule has 228 valence electrons. The standard InChI is InChI=1S/C26H32N12O3.C2H6/c1-15-7-22(34-35(15)5)38-11-17(12-41-24(16(2)27-3)20-10-30-36(6)33-20)8-19(26(38)40)31-21-9-18(28-4)23-25(32-21)37(14-39)13-29-23;1-2/h7-11,13-14,16,24,27H,12H2,1-6H3,(H2,28,31,32);1-2H3. The third-order valence-electron chi connectivity index (χ3n) is 6.85. The molecule has 0 aliphatic carbocycles. The average Bonchev–Trinajstić information content (AvgIpc) is 3.73. The van der Waals surface area contributed by atoms with Crippen molar-refractivity contribution in [3.8, 4) is 5.82 Å². The number of nitrogens with zero attached hydrogens (tertiary/aromatic N) is 9. The van der Waals surface area contributed by atoms with Crippen LogP contribution >= 0.6 is 0 Å². The first-order chi connectivity index (χ1) is 20.7. The number of nitrogens with one attached hydrogen (secondary N) is 3. The molecule has 0 amide bonds. The molecule has 5 aromatic rings. The van der Waals surface area contributed by atoms with Crippen LogP contribution in [-0.4, -0.2) is 70.4 Å². The Labute approximate surface area is 248 Å². The summed E-state index contributed by atoms with van der Waals surface area (Å²) in [6, 6.07) is 5.20. The molecular weight excluding hydrogens is 552 g/mol. The summed E-state index contributed by atoms with van der Waals surface area (Å²) in [7, 11) is 7.16. The molecule has 0 aliphatic rings. The SMILES string of the molecule is CC.CNc1cc(Nc2cc(COC(c3cnn(C)n3)C(C)NC)cn(-c3cc(C)n(C)n3)c2=O)nc2c1ncn2C=O.